The van der Waals surface area contributed by atoms with Gasteiger partial charge in [-0.3, -0.25) is 5.32 Å². The Hall–Kier alpha value is -2.57. The van der Waals surface area contributed by atoms with E-state index in [9.17, 15) is 9.90 Å². The van der Waals surface area contributed by atoms with E-state index in [1.165, 1.54) is 11.8 Å². The van der Waals surface area contributed by atoms with Crippen molar-refractivity contribution in [2.24, 2.45) is 4.99 Å². The Balaban J connectivity index is 0.000000192. The lowest BCUT2D eigenvalue weighted by molar-refractivity contribution is -0.437. The summed E-state index contributed by atoms with van der Waals surface area (Å²) in [7, 11) is 0. The average Bonchev–Trinajstić information content (AvgIpc) is 3.17. The molecule has 0 saturated carbocycles. The molecule has 112 valence electrons. The van der Waals surface area contributed by atoms with Gasteiger partial charge in [-0.1, -0.05) is 30.4 Å². The summed E-state index contributed by atoms with van der Waals surface area (Å²) in [5, 5.41) is 13.7. The number of carbonyl (C=O) groups is 1. The number of carbonyl (C=O) groups excluding carboxylic acids is 1. The maximum atomic E-state index is 9.64. The Morgan fingerprint density at radius 2 is 2.14 bits per heavy atom. The minimum Gasteiger partial charge on any atom is -0.545 e. The van der Waals surface area contributed by atoms with Crippen molar-refractivity contribution in [3.05, 3.63) is 65.2 Å². The number of para-hydroxylation sites is 2. The third-order valence-corrected chi connectivity index (χ3v) is 3.29. The van der Waals surface area contributed by atoms with Crippen LogP contribution in [0.2, 0.25) is 0 Å². The molecule has 1 aromatic carbocycles. The molecule has 2 aromatic rings. The van der Waals surface area contributed by atoms with Crippen LogP contribution in [0.15, 0.2) is 64.5 Å². The quantitative estimate of drug-likeness (QED) is 0.527. The summed E-state index contributed by atoms with van der Waals surface area (Å²) in [5.74, 6) is -0.199. The second-order valence-electron chi connectivity index (χ2n) is 4.28. The summed E-state index contributed by atoms with van der Waals surface area (Å²) in [6.07, 6.45) is 5.74. The molecule has 0 bridgehead atoms. The molecule has 1 aliphatic heterocycles. The highest BCUT2D eigenvalue weighted by Crippen LogP contribution is 2.24. The molecule has 5 nitrogen and oxygen atoms in total. The predicted molar refractivity (Wildman–Crippen MR) is 85.3 cm³/mol. The van der Waals surface area contributed by atoms with Gasteiger partial charge in [0.05, 0.1) is 11.5 Å². The maximum Gasteiger partial charge on any atom is 0.257 e. The second-order valence-corrected chi connectivity index (χ2v) is 5.00. The first-order valence-electron chi connectivity index (χ1n) is 6.62. The number of carboxylic acid groups (broad SMARTS) is 1. The third-order valence-electron chi connectivity index (χ3n) is 2.70. The monoisotopic (exact) mass is 313 g/mol. The fourth-order valence-corrected chi connectivity index (χ4v) is 2.28. The fraction of sp³-hybridized carbons (Fsp3) is 0.0625. The Morgan fingerprint density at radius 3 is 2.77 bits per heavy atom. The van der Waals surface area contributed by atoms with Crippen molar-refractivity contribution in [1.82, 2.24) is 4.98 Å². The van der Waals surface area contributed by atoms with E-state index in [2.05, 4.69) is 21.4 Å². The zero-order valence-electron chi connectivity index (χ0n) is 12.0. The number of aromatic nitrogens is 1. The first-order chi connectivity index (χ1) is 10.7. The molecule has 3 rings (SSSR count). The molecule has 0 saturated heterocycles. The number of aliphatic carboxylic acids is 1. The van der Waals surface area contributed by atoms with Crippen molar-refractivity contribution >= 4 is 34.5 Å². The first kappa shape index (κ1) is 15.8. The van der Waals surface area contributed by atoms with E-state index in [1.807, 2.05) is 29.1 Å². The van der Waals surface area contributed by atoms with Gasteiger partial charge in [0.2, 0.25) is 0 Å². The molecule has 0 fully saturated rings. The number of fused-ring (bicyclic) bond motifs is 1. The number of rotatable bonds is 3. The van der Waals surface area contributed by atoms with E-state index in [1.54, 1.807) is 30.4 Å². The molecule has 6 heteroatoms. The lowest BCUT2D eigenvalue weighted by Crippen LogP contribution is -2.80. The summed E-state index contributed by atoms with van der Waals surface area (Å²) in [6.45, 7) is 1.81. The van der Waals surface area contributed by atoms with E-state index in [0.717, 1.165) is 23.3 Å². The van der Waals surface area contributed by atoms with Gasteiger partial charge >= 0.3 is 0 Å². The summed E-state index contributed by atoms with van der Waals surface area (Å²) in [6, 6.07) is 8.11. The zero-order valence-corrected chi connectivity index (χ0v) is 12.8. The normalized spacial score (nSPS) is 12.9. The van der Waals surface area contributed by atoms with Gasteiger partial charge in [-0.15, -0.1) is 11.3 Å². The number of amidine groups is 1. The summed E-state index contributed by atoms with van der Waals surface area (Å²) in [4.78, 5) is 18.4. The van der Waals surface area contributed by atoms with Crippen LogP contribution >= 0.6 is 11.3 Å². The van der Waals surface area contributed by atoms with Crippen LogP contribution in [0, 0.1) is 0 Å². The van der Waals surface area contributed by atoms with Gasteiger partial charge in [-0.05, 0) is 19.1 Å². The van der Waals surface area contributed by atoms with Crippen LogP contribution < -0.4 is 10.4 Å². The van der Waals surface area contributed by atoms with E-state index >= 15 is 0 Å². The van der Waals surface area contributed by atoms with Crippen LogP contribution in [0.1, 0.15) is 12.6 Å². The minimum absolute atomic E-state index is 0.964. The van der Waals surface area contributed by atoms with Gasteiger partial charge in [-0.2, -0.15) is 4.99 Å². The summed E-state index contributed by atoms with van der Waals surface area (Å²) < 4.78 is 0. The van der Waals surface area contributed by atoms with Crippen molar-refractivity contribution in [2.45, 2.75) is 6.92 Å². The first-order valence-corrected chi connectivity index (χ1v) is 7.56. The maximum absolute atomic E-state index is 9.64. The number of allylic oxidation sites excluding steroid dienone is 3. The van der Waals surface area contributed by atoms with E-state index in [4.69, 9.17) is 0 Å². The van der Waals surface area contributed by atoms with Gasteiger partial charge in [0.15, 0.2) is 11.4 Å². The molecule has 22 heavy (non-hydrogen) atoms. The lowest BCUT2D eigenvalue weighted by atomic mass is 10.3. The molecule has 1 aromatic heterocycles. The summed E-state index contributed by atoms with van der Waals surface area (Å²) >= 11 is 1.59. The number of nitrogens with zero attached hydrogens (tertiary/aromatic N) is 2. The van der Waals surface area contributed by atoms with Crippen molar-refractivity contribution in [1.29, 1.82) is 0 Å². The number of thiazole rings is 1. The van der Waals surface area contributed by atoms with E-state index in [-0.39, 0.29) is 0 Å². The van der Waals surface area contributed by atoms with Crippen molar-refractivity contribution < 1.29 is 15.2 Å². The number of carboxylic acids is 1. The molecule has 0 spiro atoms. The molecule has 1 aliphatic rings. The summed E-state index contributed by atoms with van der Waals surface area (Å²) in [5.41, 5.74) is 5.01. The molecule has 0 radical (unpaired) electrons. The predicted octanol–water partition coefficient (Wildman–Crippen LogP) is 1.30. The van der Waals surface area contributed by atoms with Crippen molar-refractivity contribution in [3.63, 3.8) is 0 Å². The van der Waals surface area contributed by atoms with Crippen molar-refractivity contribution in [3.8, 4) is 0 Å². The molecule has 2 heterocycles. The Kier molecular flexibility index (Phi) is 5.76. The Labute approximate surface area is 132 Å². The van der Waals surface area contributed by atoms with Crippen LogP contribution in [-0.4, -0.2) is 16.8 Å². The zero-order chi connectivity index (χ0) is 15.8. The largest absolute Gasteiger partial charge is 0.545 e. The van der Waals surface area contributed by atoms with Crippen LogP contribution in [0.3, 0.4) is 0 Å². The highest BCUT2D eigenvalue weighted by Gasteiger charge is 2.21. The fourth-order valence-electron chi connectivity index (χ4n) is 1.74. The third kappa shape index (κ3) is 4.47. The molecule has 0 amide bonds. The number of benzene rings is 1. The minimum atomic E-state index is -1.16. The molecular formula is C16H15N3O2S. The highest BCUT2D eigenvalue weighted by atomic mass is 32.1. The van der Waals surface area contributed by atoms with Crippen LogP contribution in [0.4, 0.5) is 11.4 Å². The number of hydrogen-bond acceptors (Lipinski definition) is 5. The average molecular weight is 313 g/mol. The van der Waals surface area contributed by atoms with Gasteiger partial charge in [0.1, 0.15) is 5.69 Å². The Morgan fingerprint density at radius 1 is 1.32 bits per heavy atom. The molecule has 0 atom stereocenters. The van der Waals surface area contributed by atoms with Crippen molar-refractivity contribution in [2.75, 3.05) is 0 Å². The standard InChI is InChI=1S/C10H7N3S.C6H8O2/c1-2-4-8-7(3-1)12-10(13-8)9-5-14-6-11-9;1-2-3-4-5-6(7)8/h1-6H,(H,12,13);2-5H,1H3,(H,7,8)/b;3-2+,5-4+. The smallest absolute Gasteiger partial charge is 0.257 e. The van der Waals surface area contributed by atoms with Crippen LogP contribution in [0.5, 0.6) is 0 Å². The topological polar surface area (TPSA) is 82.0 Å². The molecule has 2 N–H and O–H groups in total. The second kappa shape index (κ2) is 8.02. The SMILES string of the molecule is C/C=C/C=C/C(=O)[O-].c1ccc2c(c1)N=C(c1cscn1)[NH2+]2. The number of nitrogens with two attached hydrogens (primary N) is 1. The van der Waals surface area contributed by atoms with Gasteiger partial charge in [0, 0.05) is 11.4 Å². The highest BCUT2D eigenvalue weighted by molar-refractivity contribution is 7.07. The lowest BCUT2D eigenvalue weighted by Gasteiger charge is -1.91. The van der Waals surface area contributed by atoms with Crippen LogP contribution in [0.25, 0.3) is 0 Å². The van der Waals surface area contributed by atoms with E-state index < -0.39 is 5.97 Å². The molecule has 0 aliphatic carbocycles. The molecule has 0 unspecified atom stereocenters. The van der Waals surface area contributed by atoms with Gasteiger partial charge < -0.3 is 9.90 Å². The Bertz CT molecular complexity index is 719. The van der Waals surface area contributed by atoms with E-state index in [0.29, 0.717) is 0 Å². The van der Waals surface area contributed by atoms with Crippen LogP contribution in [-0.2, 0) is 4.79 Å². The number of hydrogen-bond donors (Lipinski definition) is 1. The van der Waals surface area contributed by atoms with Gasteiger partial charge in [-0.25, -0.2) is 4.98 Å². The van der Waals surface area contributed by atoms with Gasteiger partial charge in [0.25, 0.3) is 5.84 Å². The molecular weight excluding hydrogens is 298 g/mol. The number of aliphatic imine (C=N–C) groups is 1. The number of quaternary nitrogens is 1.